The van der Waals surface area contributed by atoms with Crippen LogP contribution in [0.25, 0.3) is 0 Å². The molecule has 3 aromatic rings. The molecular formula is C33H37NO8. The van der Waals surface area contributed by atoms with Crippen LogP contribution in [0.3, 0.4) is 0 Å². The van der Waals surface area contributed by atoms with Gasteiger partial charge in [-0.25, -0.2) is 9.59 Å². The second-order valence-electron chi connectivity index (χ2n) is 11.3. The average Bonchev–Trinajstić information content (AvgIpc) is 3.00. The summed E-state index contributed by atoms with van der Waals surface area (Å²) in [5.74, 6) is 0.188. The number of nitrogens with zero attached hydrogens (tertiary/aromatic N) is 1. The van der Waals surface area contributed by atoms with Crippen LogP contribution in [0.1, 0.15) is 48.5 Å². The highest BCUT2D eigenvalue weighted by Gasteiger charge is 2.52. The zero-order valence-electron chi connectivity index (χ0n) is 24.3. The van der Waals surface area contributed by atoms with E-state index in [1.807, 2.05) is 60.7 Å². The summed E-state index contributed by atoms with van der Waals surface area (Å²) in [5, 5.41) is 0. The molecule has 0 aliphatic carbocycles. The van der Waals surface area contributed by atoms with Crippen molar-refractivity contribution >= 4 is 12.1 Å². The van der Waals surface area contributed by atoms with Gasteiger partial charge in [0.2, 0.25) is 0 Å². The molecule has 5 rings (SSSR count). The summed E-state index contributed by atoms with van der Waals surface area (Å²) in [6.07, 6.45) is -3.51. The van der Waals surface area contributed by atoms with Gasteiger partial charge in [0.25, 0.3) is 0 Å². The Bertz CT molecular complexity index is 1330. The van der Waals surface area contributed by atoms with Crippen molar-refractivity contribution in [2.24, 2.45) is 0 Å². The third-order valence-corrected chi connectivity index (χ3v) is 7.11. The molecule has 0 N–H and O–H groups in total. The summed E-state index contributed by atoms with van der Waals surface area (Å²) in [6.45, 7) is 5.90. The highest BCUT2D eigenvalue weighted by Crippen LogP contribution is 2.37. The zero-order valence-corrected chi connectivity index (χ0v) is 24.3. The number of rotatable bonds is 7. The van der Waals surface area contributed by atoms with Crippen LogP contribution in [0.2, 0.25) is 0 Å². The number of hydrogen-bond acceptors (Lipinski definition) is 8. The van der Waals surface area contributed by atoms with Gasteiger partial charge in [-0.15, -0.1) is 0 Å². The Labute approximate surface area is 246 Å². The van der Waals surface area contributed by atoms with Gasteiger partial charge in [0.15, 0.2) is 6.29 Å². The van der Waals surface area contributed by atoms with Gasteiger partial charge in [-0.3, -0.25) is 4.90 Å². The van der Waals surface area contributed by atoms with E-state index in [4.69, 9.17) is 28.4 Å². The average molecular weight is 576 g/mol. The summed E-state index contributed by atoms with van der Waals surface area (Å²) in [7, 11) is 1.60. The first-order chi connectivity index (χ1) is 20.2. The summed E-state index contributed by atoms with van der Waals surface area (Å²) >= 11 is 0. The van der Waals surface area contributed by atoms with Crippen LogP contribution in [0.15, 0.2) is 84.9 Å². The molecule has 1 amide bonds. The Balaban J connectivity index is 1.47. The lowest BCUT2D eigenvalue weighted by Crippen LogP contribution is -2.68. The van der Waals surface area contributed by atoms with Crippen molar-refractivity contribution in [3.8, 4) is 5.75 Å². The summed E-state index contributed by atoms with van der Waals surface area (Å²) in [6, 6.07) is 25.3. The molecule has 0 radical (unpaired) electrons. The van der Waals surface area contributed by atoms with Gasteiger partial charge in [-0.05, 0) is 50.6 Å². The normalized spacial score (nSPS) is 23.9. The van der Waals surface area contributed by atoms with Crippen molar-refractivity contribution in [2.75, 3.05) is 20.3 Å². The smallest absolute Gasteiger partial charge is 0.410 e. The predicted octanol–water partition coefficient (Wildman–Crippen LogP) is 5.54. The third-order valence-electron chi connectivity index (χ3n) is 7.11. The van der Waals surface area contributed by atoms with Gasteiger partial charge in [-0.2, -0.15) is 0 Å². The topological polar surface area (TPSA) is 92.8 Å². The molecule has 3 aromatic carbocycles. The van der Waals surface area contributed by atoms with Gasteiger partial charge >= 0.3 is 12.1 Å². The van der Waals surface area contributed by atoms with E-state index in [9.17, 15) is 9.59 Å². The monoisotopic (exact) mass is 575 g/mol. The van der Waals surface area contributed by atoms with E-state index in [0.29, 0.717) is 11.3 Å². The number of ether oxygens (including phenoxy) is 6. The number of piperidine rings is 1. The van der Waals surface area contributed by atoms with E-state index < -0.39 is 48.3 Å². The van der Waals surface area contributed by atoms with Crippen molar-refractivity contribution in [1.29, 1.82) is 0 Å². The number of carbonyl (C=O) groups excluding carboxylic acids is 2. The number of hydrogen-bond donors (Lipinski definition) is 0. The number of methoxy groups -OCH3 is 1. The van der Waals surface area contributed by atoms with Crippen LogP contribution >= 0.6 is 0 Å². The van der Waals surface area contributed by atoms with E-state index in [0.717, 1.165) is 11.1 Å². The maximum Gasteiger partial charge on any atom is 0.410 e. The molecule has 2 aliphatic heterocycles. The van der Waals surface area contributed by atoms with Crippen LogP contribution < -0.4 is 4.74 Å². The van der Waals surface area contributed by atoms with E-state index in [2.05, 4.69) is 0 Å². The third kappa shape index (κ3) is 7.10. The molecule has 9 nitrogen and oxygen atoms in total. The molecule has 2 heterocycles. The van der Waals surface area contributed by atoms with Gasteiger partial charge in [0.1, 0.15) is 29.7 Å². The van der Waals surface area contributed by atoms with Crippen LogP contribution in [-0.2, 0) is 30.3 Å². The molecule has 0 bridgehead atoms. The molecule has 2 fully saturated rings. The number of esters is 1. The predicted molar refractivity (Wildman–Crippen MR) is 154 cm³/mol. The SMILES string of the molecule is COc1ccc(C2OC[C@@H]3[C@@H](O2)[C@H](OCc2ccccc2)[C@@H](OC(=O)c2ccccc2)CN3C(=O)OC(C)(C)C)cc1. The maximum atomic E-state index is 13.5. The fraction of sp³-hybridized carbons (Fsp3) is 0.394. The molecule has 222 valence electrons. The lowest BCUT2D eigenvalue weighted by atomic mass is 9.92. The lowest BCUT2D eigenvalue weighted by Gasteiger charge is -2.50. The van der Waals surface area contributed by atoms with Crippen molar-refractivity contribution < 1.29 is 38.0 Å². The molecule has 0 spiro atoms. The molecule has 2 aliphatic rings. The lowest BCUT2D eigenvalue weighted by molar-refractivity contribution is -0.291. The minimum atomic E-state index is -0.843. The standard InChI is InChI=1S/C33H37NO8/c1-33(2,3)42-32(36)34-19-27(40-30(35)23-13-9-6-10-14-23)29(38-20-22-11-7-5-8-12-22)28-26(34)21-39-31(41-28)24-15-17-25(37-4)18-16-24/h5-18,26-29,31H,19-21H2,1-4H3/t26-,27+,28-,29-,31?/m1/s1. The van der Waals surface area contributed by atoms with Crippen molar-refractivity contribution in [1.82, 2.24) is 4.90 Å². The number of carbonyl (C=O) groups is 2. The molecule has 1 unspecified atom stereocenters. The summed E-state index contributed by atoms with van der Waals surface area (Å²) < 4.78 is 36.3. The van der Waals surface area contributed by atoms with Crippen LogP contribution in [-0.4, -0.2) is 67.2 Å². The number of likely N-dealkylation sites (tertiary alicyclic amines) is 1. The Kier molecular flexibility index (Phi) is 9.11. The molecule has 42 heavy (non-hydrogen) atoms. The summed E-state index contributed by atoms with van der Waals surface area (Å²) in [4.78, 5) is 28.3. The zero-order chi connectivity index (χ0) is 29.7. The molecule has 5 atom stereocenters. The Morgan fingerprint density at radius 1 is 0.929 bits per heavy atom. The Morgan fingerprint density at radius 2 is 1.60 bits per heavy atom. The highest BCUT2D eigenvalue weighted by atomic mass is 16.7. The van der Waals surface area contributed by atoms with Crippen LogP contribution in [0, 0.1) is 0 Å². The van der Waals surface area contributed by atoms with Crippen molar-refractivity contribution in [2.45, 2.75) is 63.6 Å². The van der Waals surface area contributed by atoms with Crippen molar-refractivity contribution in [3.05, 3.63) is 102 Å². The minimum Gasteiger partial charge on any atom is -0.497 e. The first-order valence-corrected chi connectivity index (χ1v) is 14.0. The first-order valence-electron chi connectivity index (χ1n) is 14.0. The highest BCUT2D eigenvalue weighted by molar-refractivity contribution is 5.89. The van der Waals surface area contributed by atoms with Crippen LogP contribution in [0.5, 0.6) is 5.75 Å². The molecule has 0 aromatic heterocycles. The number of amides is 1. The van der Waals surface area contributed by atoms with Gasteiger partial charge in [0.05, 0.1) is 38.5 Å². The fourth-order valence-electron chi connectivity index (χ4n) is 5.08. The molecular weight excluding hydrogens is 538 g/mol. The van der Waals surface area contributed by atoms with E-state index in [-0.39, 0.29) is 19.8 Å². The number of benzene rings is 3. The summed E-state index contributed by atoms with van der Waals surface area (Å²) in [5.41, 5.74) is 1.40. The second kappa shape index (κ2) is 12.9. The maximum absolute atomic E-state index is 13.5. The second-order valence-corrected chi connectivity index (χ2v) is 11.3. The Morgan fingerprint density at radius 3 is 2.24 bits per heavy atom. The van der Waals surface area contributed by atoms with E-state index in [1.54, 1.807) is 52.1 Å². The fourth-order valence-corrected chi connectivity index (χ4v) is 5.08. The quantitative estimate of drug-likeness (QED) is 0.339. The van der Waals surface area contributed by atoms with E-state index in [1.165, 1.54) is 4.90 Å². The van der Waals surface area contributed by atoms with Crippen molar-refractivity contribution in [3.63, 3.8) is 0 Å². The first kappa shape index (κ1) is 29.6. The van der Waals surface area contributed by atoms with E-state index >= 15 is 0 Å². The van der Waals surface area contributed by atoms with Gasteiger partial charge < -0.3 is 28.4 Å². The van der Waals surface area contributed by atoms with Gasteiger partial charge in [0, 0.05) is 5.56 Å². The molecule has 9 heteroatoms. The van der Waals surface area contributed by atoms with Crippen LogP contribution in [0.4, 0.5) is 4.79 Å². The number of fused-ring (bicyclic) bond motifs is 1. The molecule has 0 saturated carbocycles. The largest absolute Gasteiger partial charge is 0.497 e. The molecule has 2 saturated heterocycles. The Hall–Kier alpha value is -3.92. The minimum absolute atomic E-state index is 0.0496. The van der Waals surface area contributed by atoms with Gasteiger partial charge in [-0.1, -0.05) is 60.7 Å².